The topological polar surface area (TPSA) is 127 Å². The molecule has 1 aliphatic rings. The number of amides is 1. The molecular weight excluding hydrogens is 559 g/mol. The van der Waals surface area contributed by atoms with Crippen LogP contribution in [0.5, 0.6) is 0 Å². The summed E-state index contributed by atoms with van der Waals surface area (Å²) in [6.45, 7) is 2.33. The van der Waals surface area contributed by atoms with Gasteiger partial charge in [0.05, 0.1) is 63.2 Å². The lowest BCUT2D eigenvalue weighted by atomic mass is 10.1. The van der Waals surface area contributed by atoms with Gasteiger partial charge in [-0.15, -0.1) is 16.1 Å². The normalized spacial score (nSPS) is 14.2. The van der Waals surface area contributed by atoms with Crippen LogP contribution in [0, 0.1) is 6.92 Å². The van der Waals surface area contributed by atoms with E-state index in [1.165, 1.54) is 40.8 Å². The Morgan fingerprint density at radius 1 is 1.18 bits per heavy atom. The molecule has 0 bridgehead atoms. The van der Waals surface area contributed by atoms with Crippen molar-refractivity contribution >= 4 is 50.4 Å². The molecule has 2 N–H and O–H groups in total. The third-order valence-electron chi connectivity index (χ3n) is 6.13. The minimum absolute atomic E-state index is 0.0689. The van der Waals surface area contributed by atoms with Crippen molar-refractivity contribution in [3.8, 4) is 11.5 Å². The Morgan fingerprint density at radius 2 is 1.92 bits per heavy atom. The number of anilines is 2. The van der Waals surface area contributed by atoms with Crippen molar-refractivity contribution in [3.63, 3.8) is 0 Å². The average Bonchev–Trinajstić information content (AvgIpc) is 3.63. The van der Waals surface area contributed by atoms with Crippen LogP contribution in [0.3, 0.4) is 0 Å². The zero-order valence-corrected chi connectivity index (χ0v) is 21.5. The molecule has 6 heterocycles. The van der Waals surface area contributed by atoms with Crippen LogP contribution in [-0.2, 0) is 6.18 Å². The van der Waals surface area contributed by atoms with E-state index < -0.39 is 29.4 Å². The van der Waals surface area contributed by atoms with E-state index in [-0.39, 0.29) is 27.9 Å². The molecule has 0 atom stereocenters. The number of halogens is 4. The van der Waals surface area contributed by atoms with Crippen LogP contribution in [-0.4, -0.2) is 64.9 Å². The number of fused-ring (bicyclic) bond motifs is 1. The van der Waals surface area contributed by atoms with E-state index >= 15 is 0 Å². The van der Waals surface area contributed by atoms with Gasteiger partial charge >= 0.3 is 6.18 Å². The van der Waals surface area contributed by atoms with Gasteiger partial charge in [0.25, 0.3) is 5.91 Å². The van der Waals surface area contributed by atoms with Gasteiger partial charge in [0.15, 0.2) is 11.5 Å². The SMILES string of the molecule is Cc1nc(-n2nccn2)c(Cl)cc1NC(=O)c1cnn(-c2cnc(N3CC(O)C3)c3sccc23)c1C(F)(F)F. The van der Waals surface area contributed by atoms with Crippen molar-refractivity contribution in [2.75, 3.05) is 23.3 Å². The molecule has 1 saturated heterocycles. The van der Waals surface area contributed by atoms with Crippen molar-refractivity contribution in [3.05, 3.63) is 64.3 Å². The van der Waals surface area contributed by atoms with Gasteiger partial charge in [-0.05, 0) is 24.4 Å². The van der Waals surface area contributed by atoms with Crippen molar-refractivity contribution < 1.29 is 23.1 Å². The fourth-order valence-electron chi connectivity index (χ4n) is 4.28. The summed E-state index contributed by atoms with van der Waals surface area (Å²) in [5.74, 6) is -0.272. The average molecular weight is 576 g/mol. The Kier molecular flexibility index (Phi) is 6.00. The fourth-order valence-corrected chi connectivity index (χ4v) is 5.43. The van der Waals surface area contributed by atoms with Crippen LogP contribution < -0.4 is 10.2 Å². The molecule has 1 fully saturated rings. The van der Waals surface area contributed by atoms with E-state index in [0.717, 1.165) is 6.20 Å². The van der Waals surface area contributed by atoms with Gasteiger partial charge in [0, 0.05) is 18.5 Å². The summed E-state index contributed by atoms with van der Waals surface area (Å²) in [6, 6.07) is 3.04. The van der Waals surface area contributed by atoms with E-state index in [1.807, 2.05) is 4.90 Å². The molecule has 0 aliphatic carbocycles. The third-order valence-corrected chi connectivity index (χ3v) is 7.32. The molecule has 11 nitrogen and oxygen atoms in total. The number of carbonyl (C=O) groups is 1. The number of aliphatic hydroxyl groups excluding tert-OH is 1. The van der Waals surface area contributed by atoms with Gasteiger partial charge in [-0.3, -0.25) is 4.79 Å². The quantitative estimate of drug-likeness (QED) is 0.323. The van der Waals surface area contributed by atoms with Crippen LogP contribution in [0.2, 0.25) is 5.02 Å². The minimum Gasteiger partial charge on any atom is -0.389 e. The smallest absolute Gasteiger partial charge is 0.389 e. The highest BCUT2D eigenvalue weighted by Crippen LogP contribution is 2.39. The van der Waals surface area contributed by atoms with Crippen molar-refractivity contribution in [1.82, 2.24) is 34.7 Å². The molecule has 0 radical (unpaired) electrons. The summed E-state index contributed by atoms with van der Waals surface area (Å²) >= 11 is 7.59. The second-order valence-electron chi connectivity index (χ2n) is 8.71. The lowest BCUT2D eigenvalue weighted by molar-refractivity contribution is -0.143. The lowest BCUT2D eigenvalue weighted by Gasteiger charge is -2.37. The number of rotatable bonds is 5. The summed E-state index contributed by atoms with van der Waals surface area (Å²) in [6.07, 6.45) is -0.384. The molecular formula is C23H17ClF3N9O2S. The Hall–Kier alpha value is -4.08. The van der Waals surface area contributed by atoms with Crippen molar-refractivity contribution in [2.24, 2.45) is 0 Å². The van der Waals surface area contributed by atoms with Gasteiger partial charge in [0.2, 0.25) is 0 Å². The first-order valence-electron chi connectivity index (χ1n) is 11.4. The van der Waals surface area contributed by atoms with E-state index in [0.29, 0.717) is 33.7 Å². The molecule has 200 valence electrons. The zero-order chi connectivity index (χ0) is 27.5. The highest BCUT2D eigenvalue weighted by atomic mass is 35.5. The number of nitrogens with zero attached hydrogens (tertiary/aromatic N) is 8. The molecule has 0 saturated carbocycles. The highest BCUT2D eigenvalue weighted by Gasteiger charge is 2.41. The van der Waals surface area contributed by atoms with Crippen molar-refractivity contribution in [1.29, 1.82) is 0 Å². The number of thiophene rings is 1. The molecule has 5 aromatic rings. The number of aryl methyl sites for hydroxylation is 1. The molecule has 0 unspecified atom stereocenters. The first kappa shape index (κ1) is 25.2. The van der Waals surface area contributed by atoms with Gasteiger partial charge in [0.1, 0.15) is 5.82 Å². The summed E-state index contributed by atoms with van der Waals surface area (Å²) in [7, 11) is 0. The van der Waals surface area contributed by atoms with Crippen molar-refractivity contribution in [2.45, 2.75) is 19.2 Å². The Bertz CT molecular complexity index is 1710. The van der Waals surface area contributed by atoms with E-state index in [4.69, 9.17) is 11.6 Å². The van der Waals surface area contributed by atoms with Crippen LogP contribution in [0.1, 0.15) is 21.7 Å². The number of alkyl halides is 3. The number of aliphatic hydroxyl groups is 1. The van der Waals surface area contributed by atoms with Crippen LogP contribution in [0.15, 0.2) is 42.3 Å². The summed E-state index contributed by atoms with van der Waals surface area (Å²) in [5.41, 5.74) is -1.47. The number of aromatic nitrogens is 7. The molecule has 1 amide bonds. The molecule has 5 aromatic heterocycles. The first-order valence-corrected chi connectivity index (χ1v) is 12.7. The minimum atomic E-state index is -4.92. The van der Waals surface area contributed by atoms with Gasteiger partial charge < -0.3 is 15.3 Å². The predicted octanol–water partition coefficient (Wildman–Crippen LogP) is 3.87. The Morgan fingerprint density at radius 3 is 2.62 bits per heavy atom. The van der Waals surface area contributed by atoms with Crippen LogP contribution >= 0.6 is 22.9 Å². The van der Waals surface area contributed by atoms with E-state index in [9.17, 15) is 23.1 Å². The van der Waals surface area contributed by atoms with Crippen LogP contribution in [0.25, 0.3) is 21.6 Å². The number of nitrogens with one attached hydrogen (secondary N) is 1. The maximum Gasteiger partial charge on any atom is 0.434 e. The number of hydrogen-bond donors (Lipinski definition) is 2. The monoisotopic (exact) mass is 575 g/mol. The standard InChI is InChI=1S/C23H17ClF3N9O2S/c1-11-16(6-15(24)20(32-11)36-29-3-4-30-36)33-22(38)14-7-31-35(19(14)23(25,26)27)17-8-28-21(34-9-12(37)10-34)18-13(17)2-5-39-18/h2-8,12,37H,9-10H2,1H3,(H,33,38). The number of β-amino-alcohol motifs (C(OH)–C–C–N with tert-alkyl or cyclic N) is 1. The Labute approximate surface area is 226 Å². The largest absolute Gasteiger partial charge is 0.434 e. The zero-order valence-electron chi connectivity index (χ0n) is 19.9. The maximum atomic E-state index is 14.4. The Balaban J connectivity index is 1.37. The third kappa shape index (κ3) is 4.37. The molecule has 16 heteroatoms. The molecule has 1 aliphatic heterocycles. The summed E-state index contributed by atoms with van der Waals surface area (Å²) in [4.78, 5) is 24.8. The number of hydrogen-bond acceptors (Lipinski definition) is 9. The predicted molar refractivity (Wildman–Crippen MR) is 137 cm³/mol. The second-order valence-corrected chi connectivity index (χ2v) is 10.0. The van der Waals surface area contributed by atoms with E-state index in [2.05, 4.69) is 30.6 Å². The van der Waals surface area contributed by atoms with Gasteiger partial charge in [-0.1, -0.05) is 11.6 Å². The summed E-state index contributed by atoms with van der Waals surface area (Å²) in [5, 5.41) is 26.3. The van der Waals surface area contributed by atoms with Gasteiger partial charge in [-0.25, -0.2) is 14.6 Å². The lowest BCUT2D eigenvalue weighted by Crippen LogP contribution is -2.51. The first-order chi connectivity index (χ1) is 18.6. The molecule has 0 spiro atoms. The van der Waals surface area contributed by atoms with Crippen LogP contribution in [0.4, 0.5) is 24.7 Å². The molecule has 0 aromatic carbocycles. The van der Waals surface area contributed by atoms with E-state index in [1.54, 1.807) is 18.4 Å². The molecule has 39 heavy (non-hydrogen) atoms. The highest BCUT2D eigenvalue weighted by molar-refractivity contribution is 7.17. The number of carbonyl (C=O) groups excluding carboxylic acids is 1. The summed E-state index contributed by atoms with van der Waals surface area (Å²) < 4.78 is 44.5. The molecule has 6 rings (SSSR count). The van der Waals surface area contributed by atoms with Gasteiger partial charge in [-0.2, -0.15) is 28.5 Å². The second kappa shape index (κ2) is 9.29. The number of pyridine rings is 2. The fraction of sp³-hybridized carbons (Fsp3) is 0.217. The maximum absolute atomic E-state index is 14.4.